The minimum absolute atomic E-state index is 0.254. The summed E-state index contributed by atoms with van der Waals surface area (Å²) in [5.74, 6) is 0.822. The van der Waals surface area contributed by atoms with Crippen molar-refractivity contribution in [2.45, 2.75) is 18.0 Å². The molecule has 130 valence electrons. The third kappa shape index (κ3) is 3.39. The summed E-state index contributed by atoms with van der Waals surface area (Å²) in [5, 5.41) is 0.491. The number of aromatic amines is 1. The van der Waals surface area contributed by atoms with Gasteiger partial charge in [0.1, 0.15) is 5.52 Å². The average Bonchev–Trinajstić information content (AvgIpc) is 3.24. The molecule has 0 unspecified atom stereocenters. The fraction of sp³-hybridized carbons (Fsp3) is 0.312. The first-order valence-electron chi connectivity index (χ1n) is 7.86. The Hall–Kier alpha value is -2.36. The minimum Gasteiger partial charge on any atom is -0.382 e. The van der Waals surface area contributed by atoms with Crippen LogP contribution in [-0.4, -0.2) is 44.8 Å². The van der Waals surface area contributed by atoms with Crippen molar-refractivity contribution in [3.63, 3.8) is 0 Å². The van der Waals surface area contributed by atoms with E-state index in [1.807, 2.05) is 30.3 Å². The van der Waals surface area contributed by atoms with Crippen molar-refractivity contribution in [2.24, 2.45) is 0 Å². The van der Waals surface area contributed by atoms with Gasteiger partial charge in [0, 0.05) is 0 Å². The molecule has 1 aliphatic rings. The fourth-order valence-electron chi connectivity index (χ4n) is 2.65. The number of nitrogen functional groups attached to an aromatic ring is 1. The second-order valence-corrected chi connectivity index (χ2v) is 6.56. The first kappa shape index (κ1) is 16.1. The molecule has 25 heavy (non-hydrogen) atoms. The molecular formula is C16H17N5O3S. The smallest absolute Gasteiger partial charge is 0.328 e. The van der Waals surface area contributed by atoms with E-state index >= 15 is 0 Å². The van der Waals surface area contributed by atoms with Crippen LogP contribution in [0, 0.1) is 0 Å². The summed E-state index contributed by atoms with van der Waals surface area (Å²) in [6.45, 7) is 1.61. The van der Waals surface area contributed by atoms with E-state index in [4.69, 9.17) is 15.2 Å². The predicted octanol–water partition coefficient (Wildman–Crippen LogP) is 1.22. The van der Waals surface area contributed by atoms with Gasteiger partial charge in [-0.2, -0.15) is 0 Å². The van der Waals surface area contributed by atoms with Crippen molar-refractivity contribution in [2.75, 3.05) is 24.7 Å². The molecule has 4 rings (SSSR count). The number of ether oxygens (including phenoxy) is 2. The van der Waals surface area contributed by atoms with Crippen LogP contribution in [0.15, 0.2) is 40.3 Å². The van der Waals surface area contributed by atoms with E-state index in [9.17, 15) is 4.79 Å². The minimum atomic E-state index is -0.261. The van der Waals surface area contributed by atoms with Gasteiger partial charge in [0.05, 0.1) is 25.5 Å². The molecule has 2 aromatic heterocycles. The number of hydrogen-bond donors (Lipinski definition) is 2. The Kier molecular flexibility index (Phi) is 4.43. The van der Waals surface area contributed by atoms with Crippen molar-refractivity contribution in [3.8, 4) is 0 Å². The Morgan fingerprint density at radius 3 is 2.76 bits per heavy atom. The SMILES string of the molecule is Nc1nc(SCC2OCCO2)nc2c1[nH]c(=O)n2Cc1ccccc1. The molecule has 9 heteroatoms. The second kappa shape index (κ2) is 6.87. The zero-order chi connectivity index (χ0) is 17.2. The van der Waals surface area contributed by atoms with E-state index in [1.165, 1.54) is 11.8 Å². The van der Waals surface area contributed by atoms with E-state index in [0.29, 0.717) is 41.8 Å². The zero-order valence-electron chi connectivity index (χ0n) is 13.3. The number of rotatable bonds is 5. The number of nitrogens with two attached hydrogens (primary N) is 1. The van der Waals surface area contributed by atoms with Gasteiger partial charge in [-0.05, 0) is 5.56 Å². The number of imidazole rings is 1. The quantitative estimate of drug-likeness (QED) is 0.521. The van der Waals surface area contributed by atoms with Crippen molar-refractivity contribution in [1.29, 1.82) is 0 Å². The number of benzene rings is 1. The number of thioether (sulfide) groups is 1. The van der Waals surface area contributed by atoms with Gasteiger partial charge in [-0.15, -0.1) is 0 Å². The lowest BCUT2D eigenvalue weighted by Crippen LogP contribution is -2.17. The van der Waals surface area contributed by atoms with Gasteiger partial charge in [-0.3, -0.25) is 4.57 Å². The first-order valence-corrected chi connectivity index (χ1v) is 8.85. The van der Waals surface area contributed by atoms with Crippen LogP contribution in [0.3, 0.4) is 0 Å². The number of aromatic nitrogens is 4. The average molecular weight is 359 g/mol. The van der Waals surface area contributed by atoms with Gasteiger partial charge in [0.15, 0.2) is 22.9 Å². The molecule has 8 nitrogen and oxygen atoms in total. The van der Waals surface area contributed by atoms with Crippen LogP contribution < -0.4 is 11.4 Å². The molecule has 0 saturated carbocycles. The normalized spacial score (nSPS) is 15.2. The summed E-state index contributed by atoms with van der Waals surface area (Å²) in [7, 11) is 0. The summed E-state index contributed by atoms with van der Waals surface area (Å²) < 4.78 is 12.4. The lowest BCUT2D eigenvalue weighted by molar-refractivity contribution is -0.0215. The van der Waals surface area contributed by atoms with Gasteiger partial charge >= 0.3 is 5.69 Å². The highest BCUT2D eigenvalue weighted by atomic mass is 32.2. The fourth-order valence-corrected chi connectivity index (χ4v) is 3.45. The Bertz CT molecular complexity index is 934. The first-order chi connectivity index (χ1) is 12.2. The summed E-state index contributed by atoms with van der Waals surface area (Å²) in [6, 6.07) is 9.72. The lowest BCUT2D eigenvalue weighted by Gasteiger charge is -2.08. The Morgan fingerprint density at radius 2 is 2.00 bits per heavy atom. The molecule has 0 atom stereocenters. The Morgan fingerprint density at radius 1 is 1.24 bits per heavy atom. The highest BCUT2D eigenvalue weighted by Crippen LogP contribution is 2.23. The summed E-state index contributed by atoms with van der Waals surface area (Å²) >= 11 is 1.39. The maximum Gasteiger partial charge on any atom is 0.328 e. The molecule has 1 aromatic carbocycles. The summed E-state index contributed by atoms with van der Waals surface area (Å²) in [5.41, 5.74) is 7.70. The third-order valence-electron chi connectivity index (χ3n) is 3.85. The van der Waals surface area contributed by atoms with Crippen molar-refractivity contribution in [3.05, 3.63) is 46.4 Å². The molecule has 0 spiro atoms. The van der Waals surface area contributed by atoms with E-state index in [1.54, 1.807) is 4.57 Å². The summed E-state index contributed by atoms with van der Waals surface area (Å²) in [4.78, 5) is 23.8. The van der Waals surface area contributed by atoms with E-state index in [0.717, 1.165) is 5.56 Å². The highest BCUT2D eigenvalue weighted by Gasteiger charge is 2.19. The number of fused-ring (bicyclic) bond motifs is 1. The Balaban J connectivity index is 1.65. The van der Waals surface area contributed by atoms with Crippen LogP contribution >= 0.6 is 11.8 Å². The van der Waals surface area contributed by atoms with Crippen molar-refractivity contribution >= 4 is 28.7 Å². The van der Waals surface area contributed by atoms with Crippen molar-refractivity contribution < 1.29 is 9.47 Å². The lowest BCUT2D eigenvalue weighted by atomic mass is 10.2. The van der Waals surface area contributed by atoms with Crippen LogP contribution in [0.4, 0.5) is 5.82 Å². The zero-order valence-corrected chi connectivity index (χ0v) is 14.2. The standard InChI is InChI=1S/C16H17N5O3S/c17-13-12-14(20-15(19-13)25-9-11-23-6-7-24-11)21(16(22)18-12)8-10-4-2-1-3-5-10/h1-5,11H,6-9H2,(H,18,22)(H2,17,19,20). The molecule has 3 heterocycles. The molecule has 1 aliphatic heterocycles. The molecule has 3 aromatic rings. The maximum absolute atomic E-state index is 12.3. The molecule has 1 fully saturated rings. The number of nitrogens with one attached hydrogen (secondary N) is 1. The predicted molar refractivity (Wildman–Crippen MR) is 94.5 cm³/mol. The van der Waals surface area contributed by atoms with Gasteiger partial charge in [0.25, 0.3) is 0 Å². The number of anilines is 1. The molecule has 0 bridgehead atoms. The van der Waals surface area contributed by atoms with E-state index in [2.05, 4.69) is 15.0 Å². The molecule has 0 amide bonds. The van der Waals surface area contributed by atoms with Crippen LogP contribution in [0.1, 0.15) is 5.56 Å². The van der Waals surface area contributed by atoms with Crippen LogP contribution in [0.25, 0.3) is 11.2 Å². The molecule has 0 aliphatic carbocycles. The number of nitrogens with zero attached hydrogens (tertiary/aromatic N) is 3. The van der Waals surface area contributed by atoms with Crippen LogP contribution in [-0.2, 0) is 16.0 Å². The largest absolute Gasteiger partial charge is 0.382 e. The van der Waals surface area contributed by atoms with E-state index < -0.39 is 0 Å². The molecular weight excluding hydrogens is 342 g/mol. The maximum atomic E-state index is 12.3. The molecule has 3 N–H and O–H groups in total. The van der Waals surface area contributed by atoms with Crippen LogP contribution in [0.2, 0.25) is 0 Å². The summed E-state index contributed by atoms with van der Waals surface area (Å²) in [6.07, 6.45) is -0.261. The van der Waals surface area contributed by atoms with Crippen molar-refractivity contribution in [1.82, 2.24) is 19.5 Å². The monoisotopic (exact) mass is 359 g/mol. The van der Waals surface area contributed by atoms with Gasteiger partial charge in [-0.25, -0.2) is 14.8 Å². The third-order valence-corrected chi connectivity index (χ3v) is 4.73. The van der Waals surface area contributed by atoms with Gasteiger partial charge < -0.3 is 20.2 Å². The topological polar surface area (TPSA) is 108 Å². The van der Waals surface area contributed by atoms with Crippen LogP contribution in [0.5, 0.6) is 0 Å². The van der Waals surface area contributed by atoms with E-state index in [-0.39, 0.29) is 17.8 Å². The van der Waals surface area contributed by atoms with Gasteiger partial charge in [0.2, 0.25) is 0 Å². The molecule has 0 radical (unpaired) electrons. The highest BCUT2D eigenvalue weighted by molar-refractivity contribution is 7.99. The number of hydrogen-bond acceptors (Lipinski definition) is 7. The van der Waals surface area contributed by atoms with Gasteiger partial charge in [-0.1, -0.05) is 42.1 Å². The Labute approximate surface area is 147 Å². The number of H-pyrrole nitrogens is 1. The second-order valence-electron chi connectivity index (χ2n) is 5.57. The molecule has 1 saturated heterocycles.